The number of carboxylic acids is 1. The molecule has 0 spiro atoms. The SMILES string of the molecule is O=C(O)c1nc(-c2cccs2)oc1C1CCOCC1. The maximum Gasteiger partial charge on any atom is 0.358 e. The summed E-state index contributed by atoms with van der Waals surface area (Å²) < 4.78 is 11.0. The number of rotatable bonds is 3. The van der Waals surface area contributed by atoms with Crippen LogP contribution in [0.3, 0.4) is 0 Å². The lowest BCUT2D eigenvalue weighted by atomic mass is 9.96. The second-order valence-corrected chi connectivity index (χ2v) is 5.35. The van der Waals surface area contributed by atoms with Gasteiger partial charge in [-0.05, 0) is 24.3 Å². The van der Waals surface area contributed by atoms with Crippen molar-refractivity contribution < 1.29 is 19.1 Å². The van der Waals surface area contributed by atoms with E-state index in [-0.39, 0.29) is 11.6 Å². The minimum Gasteiger partial charge on any atom is -0.476 e. The lowest BCUT2D eigenvalue weighted by Gasteiger charge is -2.19. The minimum absolute atomic E-state index is 0.0373. The van der Waals surface area contributed by atoms with Gasteiger partial charge in [0.1, 0.15) is 5.76 Å². The van der Waals surface area contributed by atoms with Crippen LogP contribution in [0.15, 0.2) is 21.9 Å². The zero-order valence-electron chi connectivity index (χ0n) is 10.2. The number of carboxylic acid groups (broad SMARTS) is 1. The molecule has 0 amide bonds. The molecule has 1 aliphatic rings. The van der Waals surface area contributed by atoms with Crippen molar-refractivity contribution in [3.63, 3.8) is 0 Å². The van der Waals surface area contributed by atoms with Crippen LogP contribution in [0.2, 0.25) is 0 Å². The van der Waals surface area contributed by atoms with Crippen LogP contribution in [0.25, 0.3) is 10.8 Å². The van der Waals surface area contributed by atoms with Gasteiger partial charge in [0.05, 0.1) is 4.88 Å². The minimum atomic E-state index is -1.03. The summed E-state index contributed by atoms with van der Waals surface area (Å²) in [5.74, 6) is -0.0674. The largest absolute Gasteiger partial charge is 0.476 e. The van der Waals surface area contributed by atoms with Crippen molar-refractivity contribution in [2.75, 3.05) is 13.2 Å². The number of hydrogen-bond donors (Lipinski definition) is 1. The zero-order chi connectivity index (χ0) is 13.2. The number of aromatic nitrogens is 1. The summed E-state index contributed by atoms with van der Waals surface area (Å²) in [5, 5.41) is 11.2. The molecule has 0 bridgehead atoms. The Balaban J connectivity index is 1.99. The maximum atomic E-state index is 11.3. The second-order valence-electron chi connectivity index (χ2n) is 4.40. The lowest BCUT2D eigenvalue weighted by Crippen LogP contribution is -2.16. The van der Waals surface area contributed by atoms with Crippen molar-refractivity contribution >= 4 is 17.3 Å². The highest BCUT2D eigenvalue weighted by atomic mass is 32.1. The van der Waals surface area contributed by atoms with Gasteiger partial charge in [0.15, 0.2) is 5.69 Å². The smallest absolute Gasteiger partial charge is 0.358 e. The van der Waals surface area contributed by atoms with E-state index in [0.29, 0.717) is 24.9 Å². The molecule has 1 N–H and O–H groups in total. The molecule has 1 saturated heterocycles. The molecule has 1 aliphatic heterocycles. The first-order chi connectivity index (χ1) is 9.25. The van der Waals surface area contributed by atoms with Gasteiger partial charge in [0.2, 0.25) is 5.89 Å². The Bertz CT molecular complexity index is 569. The van der Waals surface area contributed by atoms with Crippen LogP contribution in [0.5, 0.6) is 0 Å². The lowest BCUT2D eigenvalue weighted by molar-refractivity contribution is 0.0671. The Hall–Kier alpha value is -1.66. The van der Waals surface area contributed by atoms with E-state index in [4.69, 9.17) is 9.15 Å². The Labute approximate surface area is 113 Å². The van der Waals surface area contributed by atoms with E-state index in [1.807, 2.05) is 17.5 Å². The van der Waals surface area contributed by atoms with Crippen LogP contribution in [-0.2, 0) is 4.74 Å². The van der Waals surface area contributed by atoms with Crippen molar-refractivity contribution in [1.29, 1.82) is 0 Å². The predicted octanol–water partition coefficient (Wildman–Crippen LogP) is 3.00. The summed E-state index contributed by atoms with van der Waals surface area (Å²) in [4.78, 5) is 16.3. The molecule has 3 heterocycles. The van der Waals surface area contributed by atoms with Gasteiger partial charge in [0.25, 0.3) is 0 Å². The Morgan fingerprint density at radius 1 is 1.42 bits per heavy atom. The fraction of sp³-hybridized carbons (Fsp3) is 0.385. The average molecular weight is 279 g/mol. The van der Waals surface area contributed by atoms with Crippen LogP contribution in [0, 0.1) is 0 Å². The third kappa shape index (κ3) is 2.41. The fourth-order valence-corrected chi connectivity index (χ4v) is 2.88. The van der Waals surface area contributed by atoms with Crippen molar-refractivity contribution in [3.05, 3.63) is 29.0 Å². The highest BCUT2D eigenvalue weighted by molar-refractivity contribution is 7.13. The molecule has 0 unspecified atom stereocenters. The Morgan fingerprint density at radius 3 is 2.84 bits per heavy atom. The number of aromatic carboxylic acids is 1. The first-order valence-corrected chi connectivity index (χ1v) is 6.99. The number of thiophene rings is 1. The van der Waals surface area contributed by atoms with Crippen LogP contribution in [0.4, 0.5) is 0 Å². The monoisotopic (exact) mass is 279 g/mol. The van der Waals surface area contributed by atoms with E-state index < -0.39 is 5.97 Å². The van der Waals surface area contributed by atoms with E-state index in [1.54, 1.807) is 0 Å². The number of hydrogen-bond acceptors (Lipinski definition) is 5. The van der Waals surface area contributed by atoms with Gasteiger partial charge in [0, 0.05) is 19.1 Å². The Morgan fingerprint density at radius 2 is 2.21 bits per heavy atom. The highest BCUT2D eigenvalue weighted by Crippen LogP contribution is 2.34. The molecule has 6 heteroatoms. The van der Waals surface area contributed by atoms with Crippen molar-refractivity contribution in [1.82, 2.24) is 4.98 Å². The molecule has 2 aromatic rings. The van der Waals surface area contributed by atoms with Crippen LogP contribution >= 0.6 is 11.3 Å². The van der Waals surface area contributed by atoms with Crippen LogP contribution in [0.1, 0.15) is 35.0 Å². The van der Waals surface area contributed by atoms with Gasteiger partial charge in [-0.3, -0.25) is 0 Å². The number of nitrogens with zero attached hydrogens (tertiary/aromatic N) is 1. The van der Waals surface area contributed by atoms with Crippen molar-refractivity contribution in [2.45, 2.75) is 18.8 Å². The quantitative estimate of drug-likeness (QED) is 0.935. The van der Waals surface area contributed by atoms with Gasteiger partial charge in [-0.1, -0.05) is 6.07 Å². The standard InChI is InChI=1S/C13H13NO4S/c15-13(16)10-11(8-3-5-17-6-4-8)18-12(14-10)9-2-1-7-19-9/h1-2,7-8H,3-6H2,(H,15,16). The molecule has 3 rings (SSSR count). The first-order valence-electron chi connectivity index (χ1n) is 6.11. The molecule has 0 aliphatic carbocycles. The van der Waals surface area contributed by atoms with Crippen LogP contribution in [-0.4, -0.2) is 29.3 Å². The summed E-state index contributed by atoms with van der Waals surface area (Å²) in [6.45, 7) is 1.28. The van der Waals surface area contributed by atoms with E-state index >= 15 is 0 Å². The third-order valence-corrected chi connectivity index (χ3v) is 4.04. The molecule has 19 heavy (non-hydrogen) atoms. The first kappa shape index (κ1) is 12.4. The predicted molar refractivity (Wildman–Crippen MR) is 69.6 cm³/mol. The summed E-state index contributed by atoms with van der Waals surface area (Å²) >= 11 is 1.48. The number of oxazole rings is 1. The molecule has 0 radical (unpaired) electrons. The fourth-order valence-electron chi connectivity index (χ4n) is 2.23. The summed E-state index contributed by atoms with van der Waals surface area (Å²) in [5.41, 5.74) is 0.0373. The van der Waals surface area contributed by atoms with Gasteiger partial charge < -0.3 is 14.3 Å². The highest BCUT2D eigenvalue weighted by Gasteiger charge is 2.28. The van der Waals surface area contributed by atoms with Gasteiger partial charge >= 0.3 is 5.97 Å². The summed E-state index contributed by atoms with van der Waals surface area (Å²) in [6, 6.07) is 3.76. The molecule has 0 saturated carbocycles. The van der Waals surface area contributed by atoms with Gasteiger partial charge in [-0.15, -0.1) is 11.3 Å². The molecule has 0 aromatic carbocycles. The molecule has 5 nitrogen and oxygen atoms in total. The number of ether oxygens (including phenoxy) is 1. The van der Waals surface area contributed by atoms with Gasteiger partial charge in [-0.25, -0.2) is 9.78 Å². The average Bonchev–Trinajstić information content (AvgIpc) is 3.08. The third-order valence-electron chi connectivity index (χ3n) is 3.18. The van der Waals surface area contributed by atoms with E-state index in [9.17, 15) is 9.90 Å². The van der Waals surface area contributed by atoms with E-state index in [1.165, 1.54) is 11.3 Å². The molecule has 100 valence electrons. The van der Waals surface area contributed by atoms with Gasteiger partial charge in [-0.2, -0.15) is 0 Å². The van der Waals surface area contributed by atoms with Crippen LogP contribution < -0.4 is 0 Å². The molecule has 2 aromatic heterocycles. The summed E-state index contributed by atoms with van der Waals surface area (Å²) in [7, 11) is 0. The topological polar surface area (TPSA) is 72.6 Å². The van der Waals surface area contributed by atoms with Crippen molar-refractivity contribution in [2.24, 2.45) is 0 Å². The molecular formula is C13H13NO4S. The van der Waals surface area contributed by atoms with E-state index in [2.05, 4.69) is 4.98 Å². The van der Waals surface area contributed by atoms with Crippen molar-refractivity contribution in [3.8, 4) is 10.8 Å². The summed E-state index contributed by atoms with van der Waals surface area (Å²) in [6.07, 6.45) is 1.55. The normalized spacial score (nSPS) is 16.6. The molecule has 1 fully saturated rings. The zero-order valence-corrected chi connectivity index (χ0v) is 11.0. The van der Waals surface area contributed by atoms with E-state index in [0.717, 1.165) is 17.7 Å². The maximum absolute atomic E-state index is 11.3. The number of carbonyl (C=O) groups is 1. The molecular weight excluding hydrogens is 266 g/mol. The molecule has 0 atom stereocenters. The Kier molecular flexibility index (Phi) is 3.35. The second kappa shape index (κ2) is 5.14.